The molecule has 0 aliphatic heterocycles. The largest absolute Gasteiger partial charge is 0.497 e. The Morgan fingerprint density at radius 3 is 2.38 bits per heavy atom. The quantitative estimate of drug-likeness (QED) is 0.886. The van der Waals surface area contributed by atoms with Crippen molar-refractivity contribution in [3.63, 3.8) is 0 Å². The van der Waals surface area contributed by atoms with Gasteiger partial charge < -0.3 is 19.9 Å². The molecule has 5 heteroatoms. The molecular formula is C16H17NO4. The molecule has 5 nitrogen and oxygen atoms in total. The maximum atomic E-state index is 11.6. The van der Waals surface area contributed by atoms with Gasteiger partial charge in [0.25, 0.3) is 0 Å². The summed E-state index contributed by atoms with van der Waals surface area (Å²) in [6.45, 7) is 0.0675. The first kappa shape index (κ1) is 14.9. The van der Waals surface area contributed by atoms with E-state index in [4.69, 9.17) is 9.47 Å². The van der Waals surface area contributed by atoms with Gasteiger partial charge in [-0.1, -0.05) is 30.3 Å². The summed E-state index contributed by atoms with van der Waals surface area (Å²) in [6, 6.07) is 15.7. The highest BCUT2D eigenvalue weighted by atomic mass is 16.6. The van der Waals surface area contributed by atoms with Crippen LogP contribution in [-0.2, 0) is 0 Å². The summed E-state index contributed by atoms with van der Waals surface area (Å²) < 4.78 is 10.1. The fourth-order valence-electron chi connectivity index (χ4n) is 1.76. The lowest BCUT2D eigenvalue weighted by Gasteiger charge is -2.12. The van der Waals surface area contributed by atoms with E-state index < -0.39 is 12.2 Å². The van der Waals surface area contributed by atoms with Crippen LogP contribution in [0.25, 0.3) is 0 Å². The monoisotopic (exact) mass is 287 g/mol. The number of carbonyl (C=O) groups is 1. The molecule has 0 aromatic heterocycles. The molecule has 0 fully saturated rings. The molecule has 0 heterocycles. The summed E-state index contributed by atoms with van der Waals surface area (Å²) in [5.74, 6) is 1.16. The number of carbonyl (C=O) groups excluding carboxylic acids is 1. The normalized spacial score (nSPS) is 11.5. The second-order valence-corrected chi connectivity index (χ2v) is 4.37. The zero-order chi connectivity index (χ0) is 15.1. The van der Waals surface area contributed by atoms with Gasteiger partial charge in [-0.05, 0) is 29.8 Å². The second-order valence-electron chi connectivity index (χ2n) is 4.37. The van der Waals surface area contributed by atoms with E-state index in [1.807, 2.05) is 6.07 Å². The fraction of sp³-hybridized carbons (Fsp3) is 0.188. The summed E-state index contributed by atoms with van der Waals surface area (Å²) in [5.41, 5.74) is 0.691. The van der Waals surface area contributed by atoms with Crippen molar-refractivity contribution in [1.29, 1.82) is 0 Å². The number of aliphatic hydroxyl groups is 1. The van der Waals surface area contributed by atoms with Crippen molar-refractivity contribution in [2.75, 3.05) is 13.7 Å². The summed E-state index contributed by atoms with van der Waals surface area (Å²) in [4.78, 5) is 11.6. The Kier molecular flexibility index (Phi) is 5.17. The standard InChI is InChI=1S/C16H17NO4/c1-20-13-9-7-12(8-10-13)15(18)11-17-16(19)21-14-5-3-2-4-6-14/h2-10,15,18H,11H2,1H3,(H,17,19). The SMILES string of the molecule is COc1ccc(C(O)CNC(=O)Oc2ccccc2)cc1. The van der Waals surface area contributed by atoms with Crippen LogP contribution < -0.4 is 14.8 Å². The van der Waals surface area contributed by atoms with Crippen molar-refractivity contribution in [3.8, 4) is 11.5 Å². The van der Waals surface area contributed by atoms with Gasteiger partial charge in [0, 0.05) is 0 Å². The summed E-state index contributed by atoms with van der Waals surface area (Å²) in [6.07, 6.45) is -1.41. The van der Waals surface area contributed by atoms with Gasteiger partial charge in [-0.15, -0.1) is 0 Å². The zero-order valence-electron chi connectivity index (χ0n) is 11.7. The summed E-state index contributed by atoms with van der Waals surface area (Å²) in [5, 5.41) is 12.5. The molecule has 1 atom stereocenters. The van der Waals surface area contributed by atoms with Gasteiger partial charge in [0.2, 0.25) is 0 Å². The van der Waals surface area contributed by atoms with E-state index in [1.54, 1.807) is 55.6 Å². The van der Waals surface area contributed by atoms with Gasteiger partial charge in [-0.25, -0.2) is 4.79 Å². The Bertz CT molecular complexity index is 569. The molecule has 0 bridgehead atoms. The van der Waals surface area contributed by atoms with Crippen molar-refractivity contribution in [2.45, 2.75) is 6.10 Å². The van der Waals surface area contributed by atoms with Gasteiger partial charge in [0.15, 0.2) is 0 Å². The van der Waals surface area contributed by atoms with Crippen LogP contribution in [0.2, 0.25) is 0 Å². The Morgan fingerprint density at radius 1 is 1.10 bits per heavy atom. The third kappa shape index (κ3) is 4.50. The van der Waals surface area contributed by atoms with Crippen molar-refractivity contribution in [1.82, 2.24) is 5.32 Å². The van der Waals surface area contributed by atoms with E-state index in [9.17, 15) is 9.90 Å². The predicted molar refractivity (Wildman–Crippen MR) is 78.4 cm³/mol. The molecule has 1 amide bonds. The molecule has 0 saturated carbocycles. The number of benzene rings is 2. The van der Waals surface area contributed by atoms with Crippen LogP contribution >= 0.6 is 0 Å². The van der Waals surface area contributed by atoms with E-state index in [2.05, 4.69) is 5.32 Å². The molecule has 0 radical (unpaired) electrons. The number of ether oxygens (including phenoxy) is 2. The first-order chi connectivity index (χ1) is 10.2. The first-order valence-electron chi connectivity index (χ1n) is 6.52. The molecule has 2 aromatic carbocycles. The second kappa shape index (κ2) is 7.31. The summed E-state index contributed by atoms with van der Waals surface area (Å²) in [7, 11) is 1.58. The Labute approximate surface area is 123 Å². The minimum Gasteiger partial charge on any atom is -0.497 e. The molecular weight excluding hydrogens is 270 g/mol. The van der Waals surface area contributed by atoms with E-state index >= 15 is 0 Å². The minimum absolute atomic E-state index is 0.0675. The molecule has 21 heavy (non-hydrogen) atoms. The number of nitrogens with one attached hydrogen (secondary N) is 1. The van der Waals surface area contributed by atoms with Crippen molar-refractivity contribution < 1.29 is 19.4 Å². The van der Waals surface area contributed by atoms with Gasteiger partial charge >= 0.3 is 6.09 Å². The van der Waals surface area contributed by atoms with Crippen LogP contribution in [0.1, 0.15) is 11.7 Å². The lowest BCUT2D eigenvalue weighted by molar-refractivity contribution is 0.161. The minimum atomic E-state index is -0.806. The van der Waals surface area contributed by atoms with E-state index in [-0.39, 0.29) is 6.54 Å². The maximum Gasteiger partial charge on any atom is 0.412 e. The van der Waals surface area contributed by atoms with Gasteiger partial charge in [0.05, 0.1) is 19.8 Å². The number of para-hydroxylation sites is 1. The highest BCUT2D eigenvalue weighted by Gasteiger charge is 2.10. The van der Waals surface area contributed by atoms with Crippen LogP contribution in [-0.4, -0.2) is 24.9 Å². The number of hydrogen-bond acceptors (Lipinski definition) is 4. The van der Waals surface area contributed by atoms with Gasteiger partial charge in [-0.2, -0.15) is 0 Å². The van der Waals surface area contributed by atoms with Crippen LogP contribution in [0.3, 0.4) is 0 Å². The van der Waals surface area contributed by atoms with Gasteiger partial charge in [-0.3, -0.25) is 0 Å². The average molecular weight is 287 g/mol. The number of hydrogen-bond donors (Lipinski definition) is 2. The van der Waals surface area contributed by atoms with Crippen molar-refractivity contribution >= 4 is 6.09 Å². The highest BCUT2D eigenvalue weighted by Crippen LogP contribution is 2.17. The average Bonchev–Trinajstić information content (AvgIpc) is 2.53. The smallest absolute Gasteiger partial charge is 0.412 e. The lowest BCUT2D eigenvalue weighted by Crippen LogP contribution is -2.30. The van der Waals surface area contributed by atoms with Crippen LogP contribution in [0, 0.1) is 0 Å². The maximum absolute atomic E-state index is 11.6. The third-order valence-electron chi connectivity index (χ3n) is 2.89. The molecule has 2 aromatic rings. The first-order valence-corrected chi connectivity index (χ1v) is 6.52. The van der Waals surface area contributed by atoms with Crippen molar-refractivity contribution in [3.05, 3.63) is 60.2 Å². The number of aliphatic hydroxyl groups excluding tert-OH is 1. The molecule has 0 saturated heterocycles. The molecule has 2 rings (SSSR count). The Hall–Kier alpha value is -2.53. The van der Waals surface area contributed by atoms with Crippen molar-refractivity contribution in [2.24, 2.45) is 0 Å². The van der Waals surface area contributed by atoms with E-state index in [0.717, 1.165) is 0 Å². The third-order valence-corrected chi connectivity index (χ3v) is 2.89. The Balaban J connectivity index is 1.82. The molecule has 110 valence electrons. The number of methoxy groups -OCH3 is 1. The zero-order valence-corrected chi connectivity index (χ0v) is 11.7. The lowest BCUT2D eigenvalue weighted by atomic mass is 10.1. The topological polar surface area (TPSA) is 67.8 Å². The molecule has 0 aliphatic rings. The van der Waals surface area contributed by atoms with Crippen LogP contribution in [0.5, 0.6) is 11.5 Å². The number of rotatable bonds is 5. The molecule has 0 aliphatic carbocycles. The highest BCUT2D eigenvalue weighted by molar-refractivity contribution is 5.70. The van der Waals surface area contributed by atoms with Gasteiger partial charge in [0.1, 0.15) is 11.5 Å². The summed E-state index contributed by atoms with van der Waals surface area (Å²) >= 11 is 0. The molecule has 0 spiro atoms. The van der Waals surface area contributed by atoms with E-state index in [1.165, 1.54) is 0 Å². The van der Waals surface area contributed by atoms with Crippen LogP contribution in [0.4, 0.5) is 4.79 Å². The van der Waals surface area contributed by atoms with Crippen LogP contribution in [0.15, 0.2) is 54.6 Å². The Morgan fingerprint density at radius 2 is 1.76 bits per heavy atom. The fourth-order valence-corrected chi connectivity index (χ4v) is 1.76. The van der Waals surface area contributed by atoms with E-state index in [0.29, 0.717) is 17.1 Å². The number of amides is 1. The predicted octanol–water partition coefficient (Wildman–Crippen LogP) is 2.52. The molecule has 2 N–H and O–H groups in total. The molecule has 1 unspecified atom stereocenters.